The van der Waals surface area contributed by atoms with E-state index in [4.69, 9.17) is 27.9 Å². The Morgan fingerprint density at radius 2 is 1.86 bits per heavy atom. The number of pyridine rings is 1. The largest absolute Gasteiger partial charge is 0.465 e. The number of aryl methyl sites for hydroxylation is 1. The summed E-state index contributed by atoms with van der Waals surface area (Å²) in [5.74, 6) is -0.763. The number of amides is 1. The fraction of sp³-hybridized carbons (Fsp3) is 0.136. The molecule has 0 aliphatic carbocycles. The van der Waals surface area contributed by atoms with E-state index < -0.39 is 5.97 Å². The van der Waals surface area contributed by atoms with E-state index >= 15 is 0 Å². The molecule has 2 aromatic carbocycles. The second-order valence-corrected chi connectivity index (χ2v) is 7.46. The monoisotopic (exact) mass is 426 g/mol. The molecule has 3 aromatic rings. The maximum atomic E-state index is 13.1. The second kappa shape index (κ2) is 7.50. The lowest BCUT2D eigenvalue weighted by Crippen LogP contribution is -2.23. The molecule has 0 saturated carbocycles. The van der Waals surface area contributed by atoms with E-state index in [2.05, 4.69) is 4.98 Å². The highest BCUT2D eigenvalue weighted by Crippen LogP contribution is 2.41. The van der Waals surface area contributed by atoms with Crippen LogP contribution in [0.15, 0.2) is 48.5 Å². The Morgan fingerprint density at radius 3 is 2.52 bits per heavy atom. The minimum atomic E-state index is -0.538. The Balaban J connectivity index is 1.99. The van der Waals surface area contributed by atoms with E-state index in [9.17, 15) is 9.59 Å². The maximum Gasteiger partial charge on any atom is 0.340 e. The first kappa shape index (κ1) is 19.4. The van der Waals surface area contributed by atoms with Crippen molar-refractivity contribution in [2.45, 2.75) is 13.5 Å². The summed E-state index contributed by atoms with van der Waals surface area (Å²) >= 11 is 12.5. The van der Waals surface area contributed by atoms with E-state index in [1.54, 1.807) is 30.0 Å². The van der Waals surface area contributed by atoms with E-state index in [1.165, 1.54) is 7.11 Å². The Bertz CT molecular complexity index is 1150. The number of halogens is 2. The molecule has 29 heavy (non-hydrogen) atoms. The highest BCUT2D eigenvalue weighted by molar-refractivity contribution is 6.36. The molecule has 2 heterocycles. The highest BCUT2D eigenvalue weighted by atomic mass is 35.5. The lowest BCUT2D eigenvalue weighted by Gasteiger charge is -2.17. The third-order valence-corrected chi connectivity index (χ3v) is 5.45. The Kier molecular flexibility index (Phi) is 5.03. The number of hydrogen-bond acceptors (Lipinski definition) is 4. The van der Waals surface area contributed by atoms with Crippen LogP contribution in [-0.2, 0) is 11.3 Å². The van der Waals surface area contributed by atoms with E-state index in [0.29, 0.717) is 38.1 Å². The Morgan fingerprint density at radius 1 is 1.14 bits per heavy atom. The lowest BCUT2D eigenvalue weighted by atomic mass is 9.93. The zero-order valence-electron chi connectivity index (χ0n) is 15.7. The van der Waals surface area contributed by atoms with Crippen LogP contribution >= 0.6 is 23.2 Å². The van der Waals surface area contributed by atoms with Gasteiger partial charge in [0.15, 0.2) is 0 Å². The van der Waals surface area contributed by atoms with Crippen LogP contribution in [0, 0.1) is 6.92 Å². The molecule has 0 spiro atoms. The minimum absolute atomic E-state index is 0.225. The number of rotatable bonds is 3. The average Bonchev–Trinajstić information content (AvgIpc) is 3.04. The number of para-hydroxylation sites is 1. The summed E-state index contributed by atoms with van der Waals surface area (Å²) < 4.78 is 4.99. The Labute approximate surface area is 177 Å². The summed E-state index contributed by atoms with van der Waals surface area (Å²) in [6.07, 6.45) is 0. The fourth-order valence-corrected chi connectivity index (χ4v) is 4.09. The van der Waals surface area contributed by atoms with Gasteiger partial charge in [-0.2, -0.15) is 0 Å². The number of benzene rings is 2. The van der Waals surface area contributed by atoms with Crippen LogP contribution in [0.1, 0.15) is 32.1 Å². The van der Waals surface area contributed by atoms with Gasteiger partial charge in [-0.05, 0) is 31.2 Å². The maximum absolute atomic E-state index is 13.1. The van der Waals surface area contributed by atoms with Crippen LogP contribution in [0.4, 0.5) is 5.69 Å². The van der Waals surface area contributed by atoms with Gasteiger partial charge in [-0.3, -0.25) is 4.79 Å². The SMILES string of the molecule is COC(=O)c1c(C)nc2c(c1-c1ccc(Cl)cc1Cl)CN(c1ccccc1)C2=O. The number of hydrogen-bond donors (Lipinski definition) is 0. The van der Waals surface area contributed by atoms with Crippen LogP contribution in [-0.4, -0.2) is 24.0 Å². The predicted molar refractivity (Wildman–Crippen MR) is 113 cm³/mol. The van der Waals surface area contributed by atoms with Crippen molar-refractivity contribution < 1.29 is 14.3 Å². The molecule has 1 aliphatic heterocycles. The molecule has 1 aromatic heterocycles. The first-order valence-corrected chi connectivity index (χ1v) is 9.62. The van der Waals surface area contributed by atoms with Gasteiger partial charge in [-0.15, -0.1) is 0 Å². The average molecular weight is 427 g/mol. The fourth-order valence-electron chi connectivity index (χ4n) is 3.59. The first-order valence-electron chi connectivity index (χ1n) is 8.86. The number of esters is 1. The van der Waals surface area contributed by atoms with E-state index in [1.807, 2.05) is 30.3 Å². The molecule has 4 rings (SSSR count). The molecule has 7 heteroatoms. The van der Waals surface area contributed by atoms with Crippen molar-refractivity contribution in [2.24, 2.45) is 0 Å². The lowest BCUT2D eigenvalue weighted by molar-refractivity contribution is 0.0599. The summed E-state index contributed by atoms with van der Waals surface area (Å²) in [5, 5.41) is 0.851. The van der Waals surface area contributed by atoms with E-state index in [-0.39, 0.29) is 18.0 Å². The first-order chi connectivity index (χ1) is 13.9. The summed E-state index contributed by atoms with van der Waals surface area (Å²) in [6.45, 7) is 1.95. The molecule has 1 aliphatic rings. The van der Waals surface area contributed by atoms with Crippen molar-refractivity contribution in [1.82, 2.24) is 4.98 Å². The molecule has 0 fully saturated rings. The van der Waals surface area contributed by atoms with Gasteiger partial charge in [0, 0.05) is 32.4 Å². The molecule has 1 amide bonds. The number of nitrogens with zero attached hydrogens (tertiary/aromatic N) is 2. The number of carbonyl (C=O) groups excluding carboxylic acids is 2. The third kappa shape index (κ3) is 3.26. The second-order valence-electron chi connectivity index (χ2n) is 6.62. The molecule has 0 saturated heterocycles. The molecular weight excluding hydrogens is 411 g/mol. The number of carbonyl (C=O) groups is 2. The molecule has 0 atom stereocenters. The van der Waals surface area contributed by atoms with Gasteiger partial charge in [-0.25, -0.2) is 9.78 Å². The predicted octanol–water partition coefficient (Wildman–Crippen LogP) is 5.31. The summed E-state index contributed by atoms with van der Waals surface area (Å²) in [7, 11) is 1.31. The van der Waals surface area contributed by atoms with Crippen molar-refractivity contribution >= 4 is 40.8 Å². The van der Waals surface area contributed by atoms with Crippen molar-refractivity contribution in [3.05, 3.63) is 81.1 Å². The van der Waals surface area contributed by atoms with Gasteiger partial charge in [0.25, 0.3) is 5.91 Å². The van der Waals surface area contributed by atoms with Crippen molar-refractivity contribution in [1.29, 1.82) is 0 Å². The number of anilines is 1. The van der Waals surface area contributed by atoms with E-state index in [0.717, 1.165) is 5.69 Å². The van der Waals surface area contributed by atoms with Gasteiger partial charge in [0.05, 0.1) is 24.9 Å². The Hall–Kier alpha value is -2.89. The zero-order chi connectivity index (χ0) is 20.7. The van der Waals surface area contributed by atoms with Gasteiger partial charge in [0.1, 0.15) is 5.69 Å². The van der Waals surface area contributed by atoms with Crippen molar-refractivity contribution in [2.75, 3.05) is 12.0 Å². The van der Waals surface area contributed by atoms with Gasteiger partial charge in [0.2, 0.25) is 0 Å². The normalized spacial score (nSPS) is 12.8. The number of ether oxygens (including phenoxy) is 1. The number of aromatic nitrogens is 1. The molecule has 5 nitrogen and oxygen atoms in total. The van der Waals surface area contributed by atoms with Crippen LogP contribution in [0.2, 0.25) is 10.0 Å². The topological polar surface area (TPSA) is 59.5 Å². The molecule has 146 valence electrons. The standard InChI is InChI=1S/C22H16Cl2N2O3/c1-12-18(22(28)29-2)19(15-9-8-13(23)10-17(15)24)16-11-26(21(27)20(16)25-12)14-6-4-3-5-7-14/h3-10H,11H2,1-2H3. The van der Waals surface area contributed by atoms with Gasteiger partial charge in [-0.1, -0.05) is 47.5 Å². The quantitative estimate of drug-likeness (QED) is 0.532. The van der Waals surface area contributed by atoms with Gasteiger partial charge < -0.3 is 9.64 Å². The minimum Gasteiger partial charge on any atom is -0.465 e. The van der Waals surface area contributed by atoms with Crippen molar-refractivity contribution in [3.8, 4) is 11.1 Å². The smallest absolute Gasteiger partial charge is 0.340 e. The molecule has 0 bridgehead atoms. The van der Waals surface area contributed by atoms with Crippen LogP contribution < -0.4 is 4.90 Å². The highest BCUT2D eigenvalue weighted by Gasteiger charge is 2.36. The van der Waals surface area contributed by atoms with Crippen LogP contribution in [0.3, 0.4) is 0 Å². The summed E-state index contributed by atoms with van der Waals surface area (Å²) in [4.78, 5) is 31.8. The van der Waals surface area contributed by atoms with Crippen LogP contribution in [0.5, 0.6) is 0 Å². The summed E-state index contributed by atoms with van der Waals surface area (Å²) in [5.41, 5.74) is 3.53. The third-order valence-electron chi connectivity index (χ3n) is 4.90. The van der Waals surface area contributed by atoms with Crippen LogP contribution in [0.25, 0.3) is 11.1 Å². The molecule has 0 unspecified atom stereocenters. The number of fused-ring (bicyclic) bond motifs is 1. The molecule has 0 N–H and O–H groups in total. The zero-order valence-corrected chi connectivity index (χ0v) is 17.2. The summed E-state index contributed by atoms with van der Waals surface area (Å²) in [6, 6.07) is 14.3. The van der Waals surface area contributed by atoms with Gasteiger partial charge >= 0.3 is 5.97 Å². The van der Waals surface area contributed by atoms with Crippen molar-refractivity contribution in [3.63, 3.8) is 0 Å². The number of methoxy groups -OCH3 is 1. The molecular formula is C22H16Cl2N2O3. The molecule has 0 radical (unpaired) electrons.